The molecule has 0 spiro atoms. The second-order valence-electron chi connectivity index (χ2n) is 4.36. The van der Waals surface area contributed by atoms with Crippen molar-refractivity contribution in [1.29, 1.82) is 0 Å². The van der Waals surface area contributed by atoms with Crippen LogP contribution in [0.15, 0.2) is 48.5 Å². The first-order valence-electron chi connectivity index (χ1n) is 6.10. The molecule has 2 rings (SSSR count). The Kier molecular flexibility index (Phi) is 3.85. The van der Waals surface area contributed by atoms with Gasteiger partial charge in [-0.25, -0.2) is 0 Å². The maximum absolute atomic E-state index is 11.2. The number of rotatable bonds is 4. The third-order valence-electron chi connectivity index (χ3n) is 3.10. The lowest BCUT2D eigenvalue weighted by Crippen LogP contribution is -2.09. The highest BCUT2D eigenvalue weighted by atomic mass is 16.5. The molecule has 0 aliphatic heterocycles. The molecule has 2 aromatic carbocycles. The molecule has 0 unspecified atom stereocenters. The third-order valence-corrected chi connectivity index (χ3v) is 3.10. The quantitative estimate of drug-likeness (QED) is 0.781. The Morgan fingerprint density at radius 1 is 1.05 bits per heavy atom. The van der Waals surface area contributed by atoms with Crippen LogP contribution in [0.25, 0.3) is 0 Å². The highest BCUT2D eigenvalue weighted by molar-refractivity contribution is 5.94. The second kappa shape index (κ2) is 5.57. The molecule has 0 radical (unpaired) electrons. The van der Waals surface area contributed by atoms with E-state index in [1.807, 2.05) is 60.5 Å². The fourth-order valence-electron chi connectivity index (χ4n) is 1.89. The summed E-state index contributed by atoms with van der Waals surface area (Å²) in [5, 5.41) is 0. The van der Waals surface area contributed by atoms with Crippen LogP contribution in [0.2, 0.25) is 0 Å². The molecule has 2 aromatic rings. The van der Waals surface area contributed by atoms with Crippen molar-refractivity contribution in [2.24, 2.45) is 0 Å². The van der Waals surface area contributed by atoms with Crippen LogP contribution >= 0.6 is 0 Å². The first kappa shape index (κ1) is 13.1. The molecule has 0 N–H and O–H groups in total. The van der Waals surface area contributed by atoms with Crippen molar-refractivity contribution in [2.45, 2.75) is 6.92 Å². The number of carbonyl (C=O) groups excluding carboxylic acids is 1. The van der Waals surface area contributed by atoms with Crippen LogP contribution in [-0.4, -0.2) is 19.9 Å². The molecule has 3 nitrogen and oxygen atoms in total. The molecule has 0 atom stereocenters. The van der Waals surface area contributed by atoms with Gasteiger partial charge in [-0.05, 0) is 43.3 Å². The summed E-state index contributed by atoms with van der Waals surface area (Å²) < 4.78 is 5.22. The highest BCUT2D eigenvalue weighted by Crippen LogP contribution is 2.26. The standard InChI is InChI=1S/C16H17NO2/c1-12(18)13-7-9-14(10-8-13)17(2)15-5-4-6-16(11-15)19-3/h4-11H,1-3H3. The maximum Gasteiger partial charge on any atom is 0.159 e. The fourth-order valence-corrected chi connectivity index (χ4v) is 1.89. The first-order chi connectivity index (χ1) is 9.11. The van der Waals surface area contributed by atoms with Crippen molar-refractivity contribution in [3.8, 4) is 5.75 Å². The Morgan fingerprint density at radius 3 is 2.32 bits per heavy atom. The number of nitrogens with zero attached hydrogens (tertiary/aromatic N) is 1. The topological polar surface area (TPSA) is 29.5 Å². The molecular formula is C16H17NO2. The van der Waals surface area contributed by atoms with E-state index in [9.17, 15) is 4.79 Å². The van der Waals surface area contributed by atoms with E-state index in [0.29, 0.717) is 0 Å². The van der Waals surface area contributed by atoms with Gasteiger partial charge < -0.3 is 9.64 Å². The second-order valence-corrected chi connectivity index (χ2v) is 4.36. The molecule has 3 heteroatoms. The summed E-state index contributed by atoms with van der Waals surface area (Å²) in [6.45, 7) is 1.57. The smallest absolute Gasteiger partial charge is 0.159 e. The Morgan fingerprint density at radius 2 is 1.74 bits per heavy atom. The maximum atomic E-state index is 11.2. The summed E-state index contributed by atoms with van der Waals surface area (Å²) in [7, 11) is 3.64. The SMILES string of the molecule is COc1cccc(N(C)c2ccc(C(C)=O)cc2)c1. The van der Waals surface area contributed by atoms with E-state index < -0.39 is 0 Å². The van der Waals surface area contributed by atoms with E-state index in [0.717, 1.165) is 22.7 Å². The summed E-state index contributed by atoms with van der Waals surface area (Å²) in [6.07, 6.45) is 0. The molecule has 0 aromatic heterocycles. The minimum atomic E-state index is 0.0792. The van der Waals surface area contributed by atoms with Crippen LogP contribution in [0.4, 0.5) is 11.4 Å². The van der Waals surface area contributed by atoms with Crippen molar-refractivity contribution in [3.63, 3.8) is 0 Å². The molecule has 0 bridgehead atoms. The van der Waals surface area contributed by atoms with Crippen molar-refractivity contribution in [3.05, 3.63) is 54.1 Å². The predicted octanol–water partition coefficient (Wildman–Crippen LogP) is 3.67. The van der Waals surface area contributed by atoms with Crippen LogP contribution in [0, 0.1) is 0 Å². The molecule has 0 heterocycles. The molecule has 0 fully saturated rings. The van der Waals surface area contributed by atoms with Crippen LogP contribution < -0.4 is 9.64 Å². The number of hydrogen-bond donors (Lipinski definition) is 0. The zero-order chi connectivity index (χ0) is 13.8. The van der Waals surface area contributed by atoms with E-state index in [1.165, 1.54) is 0 Å². The van der Waals surface area contributed by atoms with Gasteiger partial charge in [0.1, 0.15) is 5.75 Å². The average Bonchev–Trinajstić information content (AvgIpc) is 2.46. The van der Waals surface area contributed by atoms with Gasteiger partial charge in [-0.15, -0.1) is 0 Å². The number of ketones is 1. The van der Waals surface area contributed by atoms with E-state index >= 15 is 0 Å². The van der Waals surface area contributed by atoms with Crippen LogP contribution in [0.5, 0.6) is 5.75 Å². The minimum absolute atomic E-state index is 0.0792. The van der Waals surface area contributed by atoms with Crippen LogP contribution in [0.1, 0.15) is 17.3 Å². The molecule has 0 saturated carbocycles. The molecule has 98 valence electrons. The number of Topliss-reactive ketones (excluding diaryl/α,β-unsaturated/α-hetero) is 1. The van der Waals surface area contributed by atoms with Gasteiger partial charge in [0.15, 0.2) is 5.78 Å². The number of methoxy groups -OCH3 is 1. The molecule has 0 aliphatic rings. The van der Waals surface area contributed by atoms with Crippen molar-refractivity contribution < 1.29 is 9.53 Å². The molecule has 0 amide bonds. The van der Waals surface area contributed by atoms with E-state index in [4.69, 9.17) is 4.74 Å². The largest absolute Gasteiger partial charge is 0.497 e. The Labute approximate surface area is 113 Å². The lowest BCUT2D eigenvalue weighted by atomic mass is 10.1. The minimum Gasteiger partial charge on any atom is -0.497 e. The Bertz CT molecular complexity index is 576. The van der Waals surface area contributed by atoms with Crippen LogP contribution in [-0.2, 0) is 0 Å². The van der Waals surface area contributed by atoms with E-state index in [2.05, 4.69) is 0 Å². The van der Waals surface area contributed by atoms with Crippen molar-refractivity contribution >= 4 is 17.2 Å². The molecular weight excluding hydrogens is 238 g/mol. The van der Waals surface area contributed by atoms with Gasteiger partial charge in [0.05, 0.1) is 7.11 Å². The Balaban J connectivity index is 2.27. The third kappa shape index (κ3) is 2.94. The summed E-state index contributed by atoms with van der Waals surface area (Å²) in [5.41, 5.74) is 2.79. The van der Waals surface area contributed by atoms with Gasteiger partial charge in [0.2, 0.25) is 0 Å². The fraction of sp³-hybridized carbons (Fsp3) is 0.188. The number of ether oxygens (including phenoxy) is 1. The molecule has 19 heavy (non-hydrogen) atoms. The van der Waals surface area contributed by atoms with E-state index in [1.54, 1.807) is 14.0 Å². The van der Waals surface area contributed by atoms with Gasteiger partial charge in [0, 0.05) is 30.1 Å². The highest BCUT2D eigenvalue weighted by Gasteiger charge is 2.06. The average molecular weight is 255 g/mol. The molecule has 0 saturated heterocycles. The summed E-state index contributed by atoms with van der Waals surface area (Å²) in [5.74, 6) is 0.903. The number of hydrogen-bond acceptors (Lipinski definition) is 3. The first-order valence-corrected chi connectivity index (χ1v) is 6.10. The molecule has 0 aliphatic carbocycles. The van der Waals surface area contributed by atoms with E-state index in [-0.39, 0.29) is 5.78 Å². The van der Waals surface area contributed by atoms with Gasteiger partial charge in [-0.2, -0.15) is 0 Å². The summed E-state index contributed by atoms with van der Waals surface area (Å²) in [6, 6.07) is 15.4. The Hall–Kier alpha value is -2.29. The zero-order valence-electron chi connectivity index (χ0n) is 11.4. The van der Waals surface area contributed by atoms with Gasteiger partial charge in [-0.3, -0.25) is 4.79 Å². The monoisotopic (exact) mass is 255 g/mol. The number of carbonyl (C=O) groups is 1. The van der Waals surface area contributed by atoms with Gasteiger partial charge >= 0.3 is 0 Å². The van der Waals surface area contributed by atoms with Crippen molar-refractivity contribution in [1.82, 2.24) is 0 Å². The summed E-state index contributed by atoms with van der Waals surface area (Å²) >= 11 is 0. The van der Waals surface area contributed by atoms with Crippen LogP contribution in [0.3, 0.4) is 0 Å². The number of anilines is 2. The normalized spacial score (nSPS) is 10.1. The number of benzene rings is 2. The summed E-state index contributed by atoms with van der Waals surface area (Å²) in [4.78, 5) is 13.3. The predicted molar refractivity (Wildman–Crippen MR) is 77.5 cm³/mol. The lowest BCUT2D eigenvalue weighted by molar-refractivity contribution is 0.101. The van der Waals surface area contributed by atoms with Gasteiger partial charge in [0.25, 0.3) is 0 Å². The zero-order valence-corrected chi connectivity index (χ0v) is 11.4. The lowest BCUT2D eigenvalue weighted by Gasteiger charge is -2.20. The van der Waals surface area contributed by atoms with Gasteiger partial charge in [-0.1, -0.05) is 6.07 Å². The van der Waals surface area contributed by atoms with Crippen molar-refractivity contribution in [2.75, 3.05) is 19.1 Å².